The maximum atomic E-state index is 6.73. The molecule has 0 amide bonds. The Morgan fingerprint density at radius 1 is 0.429 bits per heavy atom. The normalized spacial score (nSPS) is 11.7. The molecule has 0 aliphatic rings. The first-order chi connectivity index (χ1) is 24.3. The maximum absolute atomic E-state index is 6.73. The smallest absolute Gasteiger partial charge is 0.143 e. The van der Waals surface area contributed by atoms with Gasteiger partial charge in [-0.3, -0.25) is 0 Å². The van der Waals surface area contributed by atoms with Gasteiger partial charge in [-0.2, -0.15) is 0 Å². The van der Waals surface area contributed by atoms with Crippen molar-refractivity contribution in [3.8, 4) is 22.3 Å². The fourth-order valence-electron chi connectivity index (χ4n) is 7.37. The average molecular weight is 644 g/mol. The number of rotatable bonds is 5. The topological polar surface area (TPSA) is 16.4 Å². The van der Waals surface area contributed by atoms with Gasteiger partial charge in [-0.1, -0.05) is 127 Å². The third kappa shape index (κ3) is 4.55. The van der Waals surface area contributed by atoms with Gasteiger partial charge in [0.15, 0.2) is 0 Å². The van der Waals surface area contributed by atoms with E-state index >= 15 is 0 Å². The summed E-state index contributed by atoms with van der Waals surface area (Å²) in [5.41, 5.74) is 9.81. The molecule has 0 bridgehead atoms. The van der Waals surface area contributed by atoms with Crippen LogP contribution in [0.5, 0.6) is 0 Å². The Bertz CT molecular complexity index is 2770. The van der Waals surface area contributed by atoms with Gasteiger partial charge in [0, 0.05) is 31.9 Å². The monoisotopic (exact) mass is 643 g/mol. The molecule has 10 aromatic rings. The molecule has 2 nitrogen and oxygen atoms in total. The van der Waals surface area contributed by atoms with Crippen molar-refractivity contribution >= 4 is 81.3 Å². The average Bonchev–Trinajstić information content (AvgIpc) is 3.75. The molecule has 3 heteroatoms. The second kappa shape index (κ2) is 11.2. The van der Waals surface area contributed by atoms with Crippen LogP contribution in [0.3, 0.4) is 0 Å². The van der Waals surface area contributed by atoms with Gasteiger partial charge in [0.1, 0.15) is 11.2 Å². The van der Waals surface area contributed by atoms with Gasteiger partial charge in [0.05, 0.1) is 21.5 Å². The van der Waals surface area contributed by atoms with Crippen LogP contribution in [0.1, 0.15) is 0 Å². The van der Waals surface area contributed by atoms with Gasteiger partial charge < -0.3 is 9.32 Å². The molecule has 0 atom stereocenters. The summed E-state index contributed by atoms with van der Waals surface area (Å²) in [5, 5.41) is 7.06. The third-order valence-corrected chi connectivity index (χ3v) is 10.8. The zero-order valence-electron chi connectivity index (χ0n) is 26.5. The van der Waals surface area contributed by atoms with Crippen molar-refractivity contribution in [1.29, 1.82) is 0 Å². The molecule has 2 heterocycles. The zero-order valence-corrected chi connectivity index (χ0v) is 27.3. The number of nitrogens with zero attached hydrogens (tertiary/aromatic N) is 1. The summed E-state index contributed by atoms with van der Waals surface area (Å²) < 4.78 is 9.26. The lowest BCUT2D eigenvalue weighted by molar-refractivity contribution is 0.672. The van der Waals surface area contributed by atoms with Crippen LogP contribution < -0.4 is 4.90 Å². The Kier molecular flexibility index (Phi) is 6.39. The molecule has 0 spiro atoms. The first-order valence-corrected chi connectivity index (χ1v) is 17.4. The minimum Gasteiger partial charge on any atom is -0.455 e. The van der Waals surface area contributed by atoms with Gasteiger partial charge in [-0.15, -0.1) is 11.3 Å². The molecule has 0 fully saturated rings. The highest BCUT2D eigenvalue weighted by Gasteiger charge is 2.24. The lowest BCUT2D eigenvalue weighted by Crippen LogP contribution is -2.11. The summed E-state index contributed by atoms with van der Waals surface area (Å²) >= 11 is 1.85. The predicted molar refractivity (Wildman–Crippen MR) is 210 cm³/mol. The van der Waals surface area contributed by atoms with Gasteiger partial charge >= 0.3 is 0 Å². The summed E-state index contributed by atoms with van der Waals surface area (Å²) in [6.45, 7) is 0. The number of hydrogen-bond donors (Lipinski definition) is 0. The van der Waals surface area contributed by atoms with Crippen LogP contribution in [0, 0.1) is 0 Å². The molecule has 2 aromatic heterocycles. The summed E-state index contributed by atoms with van der Waals surface area (Å²) in [6.07, 6.45) is 0. The lowest BCUT2D eigenvalue weighted by Gasteiger charge is -2.28. The van der Waals surface area contributed by atoms with Crippen LogP contribution in [0.15, 0.2) is 180 Å². The molecule has 10 rings (SSSR count). The van der Waals surface area contributed by atoms with Crippen molar-refractivity contribution in [3.63, 3.8) is 0 Å². The SMILES string of the molecule is c1ccc(-c2cc(-c3ccccc3)cc(N(c3cccc4c3sc3ccccc34)c3cccc4oc5c6ccccc6ccc5c34)c2)cc1. The molecule has 0 saturated carbocycles. The molecule has 0 saturated heterocycles. The van der Waals surface area contributed by atoms with Crippen molar-refractivity contribution in [2.75, 3.05) is 4.90 Å². The van der Waals surface area contributed by atoms with Crippen LogP contribution in [0.2, 0.25) is 0 Å². The Labute approximate surface area is 287 Å². The molecule has 0 aliphatic carbocycles. The molecule has 0 N–H and O–H groups in total. The highest BCUT2D eigenvalue weighted by molar-refractivity contribution is 7.26. The van der Waals surface area contributed by atoms with Gasteiger partial charge in [-0.25, -0.2) is 0 Å². The molecule has 230 valence electrons. The molecule has 0 aliphatic heterocycles. The Morgan fingerprint density at radius 3 is 1.84 bits per heavy atom. The quantitative estimate of drug-likeness (QED) is 0.186. The van der Waals surface area contributed by atoms with Crippen molar-refractivity contribution in [3.05, 3.63) is 176 Å². The molecular formula is C46H29NOS. The van der Waals surface area contributed by atoms with Crippen molar-refractivity contribution < 1.29 is 4.42 Å². The highest BCUT2D eigenvalue weighted by atomic mass is 32.1. The number of anilines is 3. The van der Waals surface area contributed by atoms with Crippen LogP contribution in [-0.2, 0) is 0 Å². The largest absolute Gasteiger partial charge is 0.455 e. The highest BCUT2D eigenvalue weighted by Crippen LogP contribution is 2.49. The van der Waals surface area contributed by atoms with Crippen LogP contribution in [-0.4, -0.2) is 0 Å². The molecule has 49 heavy (non-hydrogen) atoms. The van der Waals surface area contributed by atoms with E-state index in [1.54, 1.807) is 0 Å². The van der Waals surface area contributed by atoms with Crippen LogP contribution >= 0.6 is 11.3 Å². The standard InChI is InChI=1S/C46H29NOS/c1-3-13-30(14-4-1)33-27-34(31-15-5-2-6-16-31)29-35(28-33)47(41-22-11-20-38-37-19-9-10-24-43(37)49-46(38)41)40-21-12-23-42-44(40)39-26-25-32-17-7-8-18-36(32)45(39)48-42/h1-29H. The number of thiophene rings is 1. The molecular weight excluding hydrogens is 615 g/mol. The summed E-state index contributed by atoms with van der Waals surface area (Å²) in [5.74, 6) is 0. The minimum atomic E-state index is 0.875. The van der Waals surface area contributed by atoms with E-state index in [2.05, 4.69) is 181 Å². The second-order valence-corrected chi connectivity index (χ2v) is 13.6. The zero-order chi connectivity index (χ0) is 32.3. The number of benzene rings is 8. The summed E-state index contributed by atoms with van der Waals surface area (Å²) in [7, 11) is 0. The van der Waals surface area contributed by atoms with Crippen molar-refractivity contribution in [2.45, 2.75) is 0 Å². The fourth-order valence-corrected chi connectivity index (χ4v) is 8.58. The summed E-state index contributed by atoms with van der Waals surface area (Å²) in [6, 6.07) is 63.2. The van der Waals surface area contributed by atoms with Gasteiger partial charge in [0.2, 0.25) is 0 Å². The number of furan rings is 1. The fraction of sp³-hybridized carbons (Fsp3) is 0. The Morgan fingerprint density at radius 2 is 1.06 bits per heavy atom. The molecule has 8 aromatic carbocycles. The van der Waals surface area contributed by atoms with E-state index in [-0.39, 0.29) is 0 Å². The lowest BCUT2D eigenvalue weighted by atomic mass is 9.97. The van der Waals surface area contributed by atoms with E-state index in [0.29, 0.717) is 0 Å². The van der Waals surface area contributed by atoms with Crippen LogP contribution in [0.4, 0.5) is 17.1 Å². The first kappa shape index (κ1) is 27.9. The minimum absolute atomic E-state index is 0.875. The second-order valence-electron chi connectivity index (χ2n) is 12.5. The molecule has 0 radical (unpaired) electrons. The van der Waals surface area contributed by atoms with E-state index < -0.39 is 0 Å². The number of hydrogen-bond acceptors (Lipinski definition) is 3. The van der Waals surface area contributed by atoms with Gasteiger partial charge in [-0.05, 0) is 76.2 Å². The van der Waals surface area contributed by atoms with E-state index in [1.165, 1.54) is 47.8 Å². The maximum Gasteiger partial charge on any atom is 0.143 e. The molecule has 0 unspecified atom stereocenters. The Hall–Kier alpha value is -6.16. The van der Waals surface area contributed by atoms with Gasteiger partial charge in [0.25, 0.3) is 0 Å². The van der Waals surface area contributed by atoms with Crippen molar-refractivity contribution in [1.82, 2.24) is 0 Å². The third-order valence-electron chi connectivity index (χ3n) is 9.62. The van der Waals surface area contributed by atoms with E-state index in [0.717, 1.165) is 44.4 Å². The Balaban J connectivity index is 1.33. The predicted octanol–water partition coefficient (Wildman–Crippen LogP) is 13.9. The van der Waals surface area contributed by atoms with E-state index in [1.807, 2.05) is 11.3 Å². The summed E-state index contributed by atoms with van der Waals surface area (Å²) in [4.78, 5) is 2.46. The number of fused-ring (bicyclic) bond motifs is 8. The first-order valence-electron chi connectivity index (χ1n) is 16.6. The van der Waals surface area contributed by atoms with E-state index in [9.17, 15) is 0 Å². The van der Waals surface area contributed by atoms with E-state index in [4.69, 9.17) is 4.42 Å². The van der Waals surface area contributed by atoms with Crippen LogP contribution in [0.25, 0.3) is 75.1 Å². The van der Waals surface area contributed by atoms with Crippen molar-refractivity contribution in [2.24, 2.45) is 0 Å².